The number of nitrogens with zero attached hydrogens (tertiary/aromatic N) is 2. The van der Waals surface area contributed by atoms with E-state index in [1.165, 1.54) is 0 Å². The van der Waals surface area contributed by atoms with E-state index >= 15 is 0 Å². The van der Waals surface area contributed by atoms with Gasteiger partial charge in [0, 0.05) is 49.0 Å². The van der Waals surface area contributed by atoms with Crippen molar-refractivity contribution in [2.24, 2.45) is 0 Å². The van der Waals surface area contributed by atoms with Gasteiger partial charge in [0.1, 0.15) is 0 Å². The summed E-state index contributed by atoms with van der Waals surface area (Å²) in [5.74, 6) is -0.860. The molecule has 0 bridgehead atoms. The molecule has 34 heavy (non-hydrogen) atoms. The maximum absolute atomic E-state index is 13.1. The third kappa shape index (κ3) is 5.54. The first-order valence-electron chi connectivity index (χ1n) is 10.9. The molecule has 6 nitrogen and oxygen atoms in total. The van der Waals surface area contributed by atoms with E-state index in [1.807, 2.05) is 6.07 Å². The Kier molecular flexibility index (Phi) is 6.81. The summed E-state index contributed by atoms with van der Waals surface area (Å²) in [6.07, 6.45) is 0.909. The fraction of sp³-hybridized carbons (Fsp3) is 0.240. The minimum Gasteiger partial charge on any atom is -0.371 e. The monoisotopic (exact) mass is 468 g/mol. The molecular formula is C25H23F3N4O2. The Bertz CT molecular complexity index is 1160. The lowest BCUT2D eigenvalue weighted by molar-refractivity contribution is -0.137. The summed E-state index contributed by atoms with van der Waals surface area (Å²) in [6.45, 7) is 1.97. The van der Waals surface area contributed by atoms with Gasteiger partial charge in [-0.3, -0.25) is 14.6 Å². The molecule has 2 aromatic carbocycles. The molecule has 1 aliphatic heterocycles. The van der Waals surface area contributed by atoms with Crippen molar-refractivity contribution in [3.63, 3.8) is 0 Å². The van der Waals surface area contributed by atoms with E-state index < -0.39 is 17.6 Å². The van der Waals surface area contributed by atoms with Crippen LogP contribution in [0.1, 0.15) is 44.7 Å². The Morgan fingerprint density at radius 1 is 0.971 bits per heavy atom. The summed E-state index contributed by atoms with van der Waals surface area (Å²) in [6, 6.07) is 12.7. The SMILES string of the molecule is O=C(Nc1ccc(N2CCCC2)c(C(=O)NCc2cccnc2)c1)c1ccc(C(F)(F)F)cc1. The molecule has 1 fully saturated rings. The molecule has 0 aliphatic carbocycles. The van der Waals surface area contributed by atoms with Crippen molar-refractivity contribution >= 4 is 23.2 Å². The molecule has 9 heteroatoms. The minimum absolute atomic E-state index is 0.0826. The standard InChI is InChI=1S/C25H23F3N4O2/c26-25(27,28)19-7-5-18(6-8-19)23(33)31-20-9-10-22(32-12-1-2-13-32)21(14-20)24(34)30-16-17-4-3-11-29-15-17/h3-11,14-15H,1-2,12-13,16H2,(H,30,34)(H,31,33). The first-order chi connectivity index (χ1) is 16.3. The molecule has 0 spiro atoms. The Balaban J connectivity index is 1.53. The van der Waals surface area contributed by atoms with Gasteiger partial charge in [0.25, 0.3) is 11.8 Å². The first-order valence-corrected chi connectivity index (χ1v) is 10.9. The van der Waals surface area contributed by atoms with Gasteiger partial charge in [0.2, 0.25) is 0 Å². The zero-order chi connectivity index (χ0) is 24.1. The topological polar surface area (TPSA) is 74.3 Å². The van der Waals surface area contributed by atoms with Gasteiger partial charge in [-0.2, -0.15) is 13.2 Å². The molecule has 3 aromatic rings. The second-order valence-electron chi connectivity index (χ2n) is 8.00. The highest BCUT2D eigenvalue weighted by molar-refractivity contribution is 6.06. The van der Waals surface area contributed by atoms with Gasteiger partial charge in [-0.15, -0.1) is 0 Å². The number of amides is 2. The van der Waals surface area contributed by atoms with Gasteiger partial charge in [-0.25, -0.2) is 0 Å². The molecule has 1 aliphatic rings. The fourth-order valence-corrected chi connectivity index (χ4v) is 3.82. The van der Waals surface area contributed by atoms with Crippen LogP contribution in [0, 0.1) is 0 Å². The highest BCUT2D eigenvalue weighted by Crippen LogP contribution is 2.30. The molecule has 4 rings (SSSR count). The Labute approximate surface area is 194 Å². The largest absolute Gasteiger partial charge is 0.416 e. The van der Waals surface area contributed by atoms with Crippen molar-refractivity contribution in [2.45, 2.75) is 25.6 Å². The number of halogens is 3. The van der Waals surface area contributed by atoms with Gasteiger partial charge in [0.15, 0.2) is 0 Å². The molecule has 0 radical (unpaired) electrons. The van der Waals surface area contributed by atoms with E-state index in [0.29, 0.717) is 17.8 Å². The number of carbonyl (C=O) groups excluding carboxylic acids is 2. The van der Waals surface area contributed by atoms with E-state index in [2.05, 4.69) is 20.5 Å². The quantitative estimate of drug-likeness (QED) is 0.541. The normalized spacial score (nSPS) is 13.6. The second-order valence-corrected chi connectivity index (χ2v) is 8.00. The van der Waals surface area contributed by atoms with Crippen molar-refractivity contribution in [3.05, 3.63) is 89.2 Å². The molecule has 1 aromatic heterocycles. The maximum Gasteiger partial charge on any atom is 0.416 e. The molecule has 0 saturated carbocycles. The van der Waals surface area contributed by atoms with Crippen LogP contribution < -0.4 is 15.5 Å². The minimum atomic E-state index is -4.47. The summed E-state index contributed by atoms with van der Waals surface area (Å²) in [4.78, 5) is 31.8. The van der Waals surface area contributed by atoms with Crippen molar-refractivity contribution in [2.75, 3.05) is 23.3 Å². The third-order valence-electron chi connectivity index (χ3n) is 5.60. The second kappa shape index (κ2) is 9.94. The number of pyridine rings is 1. The molecule has 2 N–H and O–H groups in total. The predicted octanol–water partition coefficient (Wildman–Crippen LogP) is 4.88. The molecule has 2 heterocycles. The first kappa shape index (κ1) is 23.3. The van der Waals surface area contributed by atoms with Gasteiger partial charge in [-0.1, -0.05) is 6.07 Å². The van der Waals surface area contributed by atoms with E-state index in [9.17, 15) is 22.8 Å². The van der Waals surface area contributed by atoms with Crippen LogP contribution in [0.15, 0.2) is 67.0 Å². The maximum atomic E-state index is 13.1. The summed E-state index contributed by atoms with van der Waals surface area (Å²) in [5, 5.41) is 5.56. The lowest BCUT2D eigenvalue weighted by Crippen LogP contribution is -2.27. The fourth-order valence-electron chi connectivity index (χ4n) is 3.82. The van der Waals surface area contributed by atoms with Crippen molar-refractivity contribution < 1.29 is 22.8 Å². The number of rotatable bonds is 6. The summed E-state index contributed by atoms with van der Waals surface area (Å²) < 4.78 is 38.3. The lowest BCUT2D eigenvalue weighted by Gasteiger charge is -2.22. The average Bonchev–Trinajstić information content (AvgIpc) is 3.37. The van der Waals surface area contributed by atoms with Crippen molar-refractivity contribution in [3.8, 4) is 0 Å². The lowest BCUT2D eigenvalue weighted by atomic mass is 10.1. The molecular weight excluding hydrogens is 445 g/mol. The number of anilines is 2. The van der Waals surface area contributed by atoms with Crippen LogP contribution in [0.4, 0.5) is 24.5 Å². The summed E-state index contributed by atoms with van der Waals surface area (Å²) in [7, 11) is 0. The Hall–Kier alpha value is -3.88. The number of alkyl halides is 3. The van der Waals surface area contributed by atoms with E-state index in [1.54, 1.807) is 36.7 Å². The van der Waals surface area contributed by atoms with E-state index in [-0.39, 0.29) is 11.5 Å². The number of carbonyl (C=O) groups is 2. The number of nitrogens with one attached hydrogen (secondary N) is 2. The number of benzene rings is 2. The zero-order valence-electron chi connectivity index (χ0n) is 18.2. The number of hydrogen-bond acceptors (Lipinski definition) is 4. The number of aromatic nitrogens is 1. The van der Waals surface area contributed by atoms with Crippen LogP contribution in [0.5, 0.6) is 0 Å². The van der Waals surface area contributed by atoms with Gasteiger partial charge in [0.05, 0.1) is 11.1 Å². The van der Waals surface area contributed by atoms with E-state index in [4.69, 9.17) is 0 Å². The summed E-state index contributed by atoms with van der Waals surface area (Å²) in [5.41, 5.74) is 1.67. The van der Waals surface area contributed by atoms with E-state index in [0.717, 1.165) is 61.4 Å². The molecule has 0 atom stereocenters. The van der Waals surface area contributed by atoms with Crippen LogP contribution in [-0.4, -0.2) is 29.9 Å². The number of hydrogen-bond donors (Lipinski definition) is 2. The van der Waals surface area contributed by atoms with Crippen LogP contribution in [0.2, 0.25) is 0 Å². The summed E-state index contributed by atoms with van der Waals surface area (Å²) >= 11 is 0. The smallest absolute Gasteiger partial charge is 0.371 e. The van der Waals surface area contributed by atoms with Crippen LogP contribution in [0.3, 0.4) is 0 Å². The highest BCUT2D eigenvalue weighted by atomic mass is 19.4. The Morgan fingerprint density at radius 2 is 1.71 bits per heavy atom. The zero-order valence-corrected chi connectivity index (χ0v) is 18.2. The van der Waals surface area contributed by atoms with Crippen molar-refractivity contribution in [1.82, 2.24) is 10.3 Å². The molecule has 0 unspecified atom stereocenters. The van der Waals surface area contributed by atoms with Gasteiger partial charge < -0.3 is 15.5 Å². The average molecular weight is 468 g/mol. The Morgan fingerprint density at radius 3 is 2.35 bits per heavy atom. The van der Waals surface area contributed by atoms with Crippen LogP contribution >= 0.6 is 0 Å². The third-order valence-corrected chi connectivity index (χ3v) is 5.60. The van der Waals surface area contributed by atoms with Crippen LogP contribution in [0.25, 0.3) is 0 Å². The molecule has 1 saturated heterocycles. The van der Waals surface area contributed by atoms with Gasteiger partial charge in [-0.05, 0) is 66.9 Å². The molecule has 176 valence electrons. The predicted molar refractivity (Wildman–Crippen MR) is 123 cm³/mol. The van der Waals surface area contributed by atoms with Gasteiger partial charge >= 0.3 is 6.18 Å². The highest BCUT2D eigenvalue weighted by Gasteiger charge is 2.30. The van der Waals surface area contributed by atoms with Crippen molar-refractivity contribution in [1.29, 1.82) is 0 Å². The van der Waals surface area contributed by atoms with Crippen LogP contribution in [-0.2, 0) is 12.7 Å². The molecule has 2 amide bonds.